The molecule has 2 N–H and O–H groups in total. The lowest BCUT2D eigenvalue weighted by Crippen LogP contribution is -2.35. The number of carbonyl (C=O) groups is 2. The second-order valence-corrected chi connectivity index (χ2v) is 6.98. The van der Waals surface area contributed by atoms with E-state index in [1.165, 1.54) is 0 Å². The minimum atomic E-state index is -0.792. The Labute approximate surface area is 144 Å². The molecule has 0 aliphatic heterocycles. The molecule has 5 nitrogen and oxygen atoms in total. The summed E-state index contributed by atoms with van der Waals surface area (Å²) in [5.74, 6) is -1.44. The molecule has 1 heterocycles. The Hall–Kier alpha value is -2.21. The summed E-state index contributed by atoms with van der Waals surface area (Å²) >= 11 is 1.55. The summed E-state index contributed by atoms with van der Waals surface area (Å²) in [4.78, 5) is 27.9. The highest BCUT2D eigenvalue weighted by Crippen LogP contribution is 2.29. The van der Waals surface area contributed by atoms with E-state index in [2.05, 4.69) is 10.3 Å². The first-order valence-corrected chi connectivity index (χ1v) is 9.02. The van der Waals surface area contributed by atoms with Crippen LogP contribution in [0.5, 0.6) is 0 Å². The lowest BCUT2D eigenvalue weighted by atomic mass is 9.81. The van der Waals surface area contributed by atoms with Crippen LogP contribution in [0.2, 0.25) is 0 Å². The number of hydrogen-bond acceptors (Lipinski definition) is 4. The maximum Gasteiger partial charge on any atom is 0.306 e. The number of rotatable bonds is 5. The van der Waals surface area contributed by atoms with Gasteiger partial charge in [-0.05, 0) is 19.3 Å². The first kappa shape index (κ1) is 16.6. The number of carboxylic acids is 1. The molecular formula is C18H20N2O3S. The summed E-state index contributed by atoms with van der Waals surface area (Å²) in [5.41, 5.74) is 1.90. The van der Waals surface area contributed by atoms with Gasteiger partial charge in [0.1, 0.15) is 5.01 Å². The molecule has 1 aromatic carbocycles. The minimum absolute atomic E-state index is 0.0600. The number of carboxylic acid groups (broad SMARTS) is 1. The van der Waals surface area contributed by atoms with E-state index in [4.69, 9.17) is 5.11 Å². The lowest BCUT2D eigenvalue weighted by Gasteiger charge is -2.25. The van der Waals surface area contributed by atoms with E-state index in [-0.39, 0.29) is 11.8 Å². The van der Waals surface area contributed by atoms with Gasteiger partial charge in [-0.25, -0.2) is 4.98 Å². The highest BCUT2D eigenvalue weighted by Gasteiger charge is 2.30. The van der Waals surface area contributed by atoms with Crippen molar-refractivity contribution < 1.29 is 14.7 Å². The van der Waals surface area contributed by atoms with Crippen LogP contribution < -0.4 is 5.32 Å². The molecule has 2 unspecified atom stereocenters. The second-order valence-electron chi connectivity index (χ2n) is 6.13. The smallest absolute Gasteiger partial charge is 0.306 e. The van der Waals surface area contributed by atoms with E-state index in [1.807, 2.05) is 35.7 Å². The minimum Gasteiger partial charge on any atom is -0.481 e. The van der Waals surface area contributed by atoms with E-state index in [0.29, 0.717) is 19.4 Å². The molecule has 2 atom stereocenters. The normalized spacial score (nSPS) is 20.5. The Morgan fingerprint density at radius 3 is 2.71 bits per heavy atom. The summed E-state index contributed by atoms with van der Waals surface area (Å²) < 4.78 is 0. The Morgan fingerprint density at radius 1 is 1.21 bits per heavy atom. The van der Waals surface area contributed by atoms with Crippen LogP contribution in [0.4, 0.5) is 0 Å². The molecule has 1 amide bonds. The van der Waals surface area contributed by atoms with Gasteiger partial charge in [0.15, 0.2) is 0 Å². The zero-order valence-electron chi connectivity index (χ0n) is 13.3. The topological polar surface area (TPSA) is 79.3 Å². The third-order valence-electron chi connectivity index (χ3n) is 4.41. The second kappa shape index (κ2) is 7.57. The number of thiazole rings is 1. The third-order valence-corrected chi connectivity index (χ3v) is 5.35. The van der Waals surface area contributed by atoms with E-state index < -0.39 is 11.9 Å². The van der Waals surface area contributed by atoms with E-state index in [9.17, 15) is 9.59 Å². The monoisotopic (exact) mass is 344 g/mol. The van der Waals surface area contributed by atoms with Crippen LogP contribution in [-0.4, -0.2) is 22.0 Å². The van der Waals surface area contributed by atoms with Crippen molar-refractivity contribution in [3.63, 3.8) is 0 Å². The fraction of sp³-hybridized carbons (Fsp3) is 0.389. The highest BCUT2D eigenvalue weighted by atomic mass is 32.1. The molecule has 24 heavy (non-hydrogen) atoms. The van der Waals surface area contributed by atoms with Crippen molar-refractivity contribution in [3.05, 3.63) is 41.4 Å². The van der Waals surface area contributed by atoms with Gasteiger partial charge in [-0.1, -0.05) is 36.8 Å². The van der Waals surface area contributed by atoms with E-state index >= 15 is 0 Å². The molecule has 0 spiro atoms. The molecule has 0 bridgehead atoms. The maximum absolute atomic E-state index is 12.3. The molecule has 0 radical (unpaired) electrons. The van der Waals surface area contributed by atoms with Crippen molar-refractivity contribution in [1.29, 1.82) is 0 Å². The standard InChI is InChI=1S/C18H20N2O3S/c21-16(13-7-4-8-14(9-13)18(22)23)19-10-15-11-24-17(20-15)12-5-2-1-3-6-12/h1-3,5-6,11,13-14H,4,7-10H2,(H,19,21)(H,22,23). The molecule has 2 aromatic rings. The van der Waals surface area contributed by atoms with Crippen molar-refractivity contribution in [2.24, 2.45) is 11.8 Å². The molecule has 1 aliphatic carbocycles. The number of nitrogens with one attached hydrogen (secondary N) is 1. The van der Waals surface area contributed by atoms with Crippen molar-refractivity contribution >= 4 is 23.2 Å². The van der Waals surface area contributed by atoms with Crippen LogP contribution in [0.3, 0.4) is 0 Å². The zero-order chi connectivity index (χ0) is 16.9. The Morgan fingerprint density at radius 2 is 1.96 bits per heavy atom. The summed E-state index contributed by atoms with van der Waals surface area (Å²) in [6, 6.07) is 9.93. The molecule has 1 aromatic heterocycles. The van der Waals surface area contributed by atoms with Crippen LogP contribution in [-0.2, 0) is 16.1 Å². The molecule has 1 fully saturated rings. The molecule has 126 valence electrons. The van der Waals surface area contributed by atoms with Crippen molar-refractivity contribution in [2.75, 3.05) is 0 Å². The number of aromatic nitrogens is 1. The molecule has 3 rings (SSSR count). The lowest BCUT2D eigenvalue weighted by molar-refractivity contribution is -0.144. The molecule has 1 saturated carbocycles. The van der Waals surface area contributed by atoms with Crippen LogP contribution >= 0.6 is 11.3 Å². The quantitative estimate of drug-likeness (QED) is 0.872. The van der Waals surface area contributed by atoms with Crippen LogP contribution in [0.15, 0.2) is 35.7 Å². The fourth-order valence-electron chi connectivity index (χ4n) is 3.08. The van der Waals surface area contributed by atoms with Gasteiger partial charge in [-0.3, -0.25) is 9.59 Å². The zero-order valence-corrected chi connectivity index (χ0v) is 14.1. The summed E-state index contributed by atoms with van der Waals surface area (Å²) in [7, 11) is 0. The largest absolute Gasteiger partial charge is 0.481 e. The first-order valence-electron chi connectivity index (χ1n) is 8.14. The van der Waals surface area contributed by atoms with E-state index in [1.54, 1.807) is 11.3 Å². The Balaban J connectivity index is 1.55. The van der Waals surface area contributed by atoms with Gasteiger partial charge in [0, 0.05) is 16.9 Å². The number of benzene rings is 1. The van der Waals surface area contributed by atoms with Crippen molar-refractivity contribution in [1.82, 2.24) is 10.3 Å². The summed E-state index contributed by atoms with van der Waals surface area (Å²) in [5, 5.41) is 14.9. The van der Waals surface area contributed by atoms with Crippen LogP contribution in [0, 0.1) is 11.8 Å². The van der Waals surface area contributed by atoms with E-state index in [0.717, 1.165) is 29.1 Å². The predicted octanol–water partition coefficient (Wildman–Crippen LogP) is 3.32. The van der Waals surface area contributed by atoms with Crippen LogP contribution in [0.25, 0.3) is 10.6 Å². The summed E-state index contributed by atoms with van der Waals surface area (Å²) in [6.45, 7) is 0.385. The average Bonchev–Trinajstić information content (AvgIpc) is 3.09. The van der Waals surface area contributed by atoms with Gasteiger partial charge >= 0.3 is 5.97 Å². The Bertz CT molecular complexity index is 714. The number of carbonyl (C=O) groups excluding carboxylic acids is 1. The average molecular weight is 344 g/mol. The van der Waals surface area contributed by atoms with Gasteiger partial charge in [-0.15, -0.1) is 11.3 Å². The highest BCUT2D eigenvalue weighted by molar-refractivity contribution is 7.13. The Kier molecular flexibility index (Phi) is 5.25. The maximum atomic E-state index is 12.3. The molecular weight excluding hydrogens is 324 g/mol. The van der Waals surface area contributed by atoms with Crippen molar-refractivity contribution in [2.45, 2.75) is 32.2 Å². The number of aliphatic carboxylic acids is 1. The van der Waals surface area contributed by atoms with Gasteiger partial charge in [0.25, 0.3) is 0 Å². The fourth-order valence-corrected chi connectivity index (χ4v) is 3.90. The SMILES string of the molecule is O=C(O)C1CCCC(C(=O)NCc2csc(-c3ccccc3)n2)C1. The molecule has 1 aliphatic rings. The number of nitrogens with zero attached hydrogens (tertiary/aromatic N) is 1. The summed E-state index contributed by atoms with van der Waals surface area (Å²) in [6.07, 6.45) is 2.67. The predicted molar refractivity (Wildman–Crippen MR) is 92.5 cm³/mol. The van der Waals surface area contributed by atoms with Crippen molar-refractivity contribution in [3.8, 4) is 10.6 Å². The van der Waals surface area contributed by atoms with Gasteiger partial charge in [-0.2, -0.15) is 0 Å². The molecule has 6 heteroatoms. The number of hydrogen-bond donors (Lipinski definition) is 2. The molecule has 0 saturated heterocycles. The first-order chi connectivity index (χ1) is 11.6. The third kappa shape index (κ3) is 4.00. The van der Waals surface area contributed by atoms with Crippen LogP contribution in [0.1, 0.15) is 31.4 Å². The van der Waals surface area contributed by atoms with Gasteiger partial charge in [0.2, 0.25) is 5.91 Å². The number of amides is 1. The van der Waals surface area contributed by atoms with Gasteiger partial charge in [0.05, 0.1) is 18.2 Å². The van der Waals surface area contributed by atoms with Gasteiger partial charge < -0.3 is 10.4 Å².